The summed E-state index contributed by atoms with van der Waals surface area (Å²) in [5.41, 5.74) is 0. The Morgan fingerprint density at radius 2 is 0.800 bits per heavy atom. The fraction of sp³-hybridized carbons (Fsp3) is 1.00. The maximum absolute atomic E-state index is 12.9. The zero-order valence-electron chi connectivity index (χ0n) is 12.8. The summed E-state index contributed by atoms with van der Waals surface area (Å²) in [6.45, 7) is 0.659. The zero-order valence-corrected chi connectivity index (χ0v) is 13.7. The largest absolute Gasteiger partial charge is 0.396 e. The van der Waals surface area contributed by atoms with Gasteiger partial charge in [-0.15, -0.1) is 0 Å². The third kappa shape index (κ3) is 11.9. The van der Waals surface area contributed by atoms with E-state index in [1.54, 1.807) is 0 Å². The van der Waals surface area contributed by atoms with Crippen LogP contribution in [-0.2, 0) is 4.57 Å². The Bertz CT molecular complexity index is 208. The van der Waals surface area contributed by atoms with Gasteiger partial charge in [0.2, 0.25) is 0 Å². The number of hydrogen-bond acceptors (Lipinski definition) is 4. The highest BCUT2D eigenvalue weighted by atomic mass is 31.2. The fourth-order valence-corrected chi connectivity index (χ4v) is 5.47. The van der Waals surface area contributed by atoms with Crippen molar-refractivity contribution in [2.75, 3.05) is 38.3 Å². The first kappa shape index (κ1) is 20.1. The molecule has 0 radical (unpaired) electrons. The van der Waals surface area contributed by atoms with Crippen molar-refractivity contribution in [2.24, 2.45) is 0 Å². The molecule has 0 saturated heterocycles. The van der Waals surface area contributed by atoms with Crippen molar-refractivity contribution in [3.63, 3.8) is 0 Å². The minimum atomic E-state index is -2.08. The van der Waals surface area contributed by atoms with Crippen LogP contribution in [0.2, 0.25) is 0 Å². The first-order valence-electron chi connectivity index (χ1n) is 8.08. The molecule has 0 aromatic heterocycles. The van der Waals surface area contributed by atoms with Crippen LogP contribution in [0, 0.1) is 0 Å². The number of rotatable bonds is 15. The Balaban J connectivity index is 4.02. The Kier molecular flexibility index (Phi) is 14.1. The van der Waals surface area contributed by atoms with Gasteiger partial charge in [0.1, 0.15) is 0 Å². The van der Waals surface area contributed by atoms with Gasteiger partial charge in [-0.05, 0) is 38.5 Å². The van der Waals surface area contributed by atoms with Gasteiger partial charge in [0.05, 0.1) is 7.14 Å². The first-order chi connectivity index (χ1) is 9.68. The fourth-order valence-electron chi connectivity index (χ4n) is 2.40. The van der Waals surface area contributed by atoms with Crippen LogP contribution in [0.3, 0.4) is 0 Å². The average molecular weight is 308 g/mol. The van der Waals surface area contributed by atoms with Crippen LogP contribution >= 0.6 is 7.14 Å². The minimum absolute atomic E-state index is 0.220. The Labute approximate surface area is 124 Å². The van der Waals surface area contributed by atoms with Crippen LogP contribution in [0.4, 0.5) is 0 Å². The smallest absolute Gasteiger partial charge is 0.0877 e. The lowest BCUT2D eigenvalue weighted by Crippen LogP contribution is -2.02. The summed E-state index contributed by atoms with van der Waals surface area (Å²) < 4.78 is 12.9. The van der Waals surface area contributed by atoms with E-state index in [2.05, 4.69) is 0 Å². The molecule has 4 nitrogen and oxygen atoms in total. The van der Waals surface area contributed by atoms with Crippen molar-refractivity contribution in [1.82, 2.24) is 0 Å². The van der Waals surface area contributed by atoms with Crippen molar-refractivity contribution in [1.29, 1.82) is 0 Å². The second-order valence-electron chi connectivity index (χ2n) is 5.58. The maximum Gasteiger partial charge on any atom is 0.0877 e. The molecular formula is C15H33O4P. The maximum atomic E-state index is 12.9. The predicted octanol–water partition coefficient (Wildman–Crippen LogP) is 2.84. The van der Waals surface area contributed by atoms with Crippen LogP contribution in [0.5, 0.6) is 0 Å². The molecule has 5 heteroatoms. The Morgan fingerprint density at radius 1 is 0.500 bits per heavy atom. The van der Waals surface area contributed by atoms with Gasteiger partial charge >= 0.3 is 0 Å². The molecular weight excluding hydrogens is 275 g/mol. The Morgan fingerprint density at radius 3 is 1.05 bits per heavy atom. The van der Waals surface area contributed by atoms with Crippen LogP contribution in [0.25, 0.3) is 0 Å². The van der Waals surface area contributed by atoms with Crippen molar-refractivity contribution in [2.45, 2.75) is 57.8 Å². The van der Waals surface area contributed by atoms with Gasteiger partial charge < -0.3 is 19.9 Å². The number of aliphatic hydroxyl groups is 3. The predicted molar refractivity (Wildman–Crippen MR) is 85.0 cm³/mol. The second-order valence-corrected chi connectivity index (χ2v) is 9.04. The standard InChI is InChI=1S/C15H33O4P/c16-10-4-1-7-13-20(19,14-8-2-5-11-17)15-9-3-6-12-18/h16-18H,1-15H2. The summed E-state index contributed by atoms with van der Waals surface area (Å²) in [5.74, 6) is 0. The number of unbranched alkanes of at least 4 members (excludes halogenated alkanes) is 6. The van der Waals surface area contributed by atoms with Crippen molar-refractivity contribution < 1.29 is 19.9 Å². The molecule has 122 valence electrons. The topological polar surface area (TPSA) is 77.8 Å². The van der Waals surface area contributed by atoms with E-state index in [-0.39, 0.29) is 19.8 Å². The molecule has 0 rings (SSSR count). The lowest BCUT2D eigenvalue weighted by molar-refractivity contribution is 0.284. The zero-order chi connectivity index (χ0) is 15.1. The molecule has 0 aliphatic carbocycles. The summed E-state index contributed by atoms with van der Waals surface area (Å²) in [6.07, 6.45) is 10.5. The molecule has 0 amide bonds. The summed E-state index contributed by atoms with van der Waals surface area (Å²) in [7, 11) is -2.08. The van der Waals surface area contributed by atoms with Gasteiger partial charge in [-0.2, -0.15) is 0 Å². The normalized spacial score (nSPS) is 11.9. The molecule has 0 heterocycles. The number of aliphatic hydroxyl groups excluding tert-OH is 3. The van der Waals surface area contributed by atoms with E-state index in [0.29, 0.717) is 0 Å². The van der Waals surface area contributed by atoms with Crippen LogP contribution in [0.15, 0.2) is 0 Å². The van der Waals surface area contributed by atoms with Crippen molar-refractivity contribution in [3.8, 4) is 0 Å². The summed E-state index contributed by atoms with van der Waals surface area (Å²) in [6, 6.07) is 0. The first-order valence-corrected chi connectivity index (χ1v) is 10.3. The third-order valence-corrected chi connectivity index (χ3v) is 7.07. The van der Waals surface area contributed by atoms with Gasteiger partial charge in [0.15, 0.2) is 0 Å². The lowest BCUT2D eigenvalue weighted by Gasteiger charge is -2.18. The van der Waals surface area contributed by atoms with E-state index in [0.717, 1.165) is 76.3 Å². The van der Waals surface area contributed by atoms with E-state index < -0.39 is 7.14 Å². The molecule has 0 atom stereocenters. The molecule has 0 spiro atoms. The molecule has 0 saturated carbocycles. The SMILES string of the molecule is O=P(CCCCCO)(CCCCCO)CCCCCO. The summed E-state index contributed by atoms with van der Waals surface area (Å²) >= 11 is 0. The quantitative estimate of drug-likeness (QED) is 0.321. The van der Waals surface area contributed by atoms with Crippen molar-refractivity contribution in [3.05, 3.63) is 0 Å². The molecule has 0 aromatic rings. The lowest BCUT2D eigenvalue weighted by atomic mass is 10.3. The van der Waals surface area contributed by atoms with Gasteiger partial charge in [0, 0.05) is 38.3 Å². The molecule has 0 aliphatic rings. The molecule has 20 heavy (non-hydrogen) atoms. The van der Waals surface area contributed by atoms with Crippen LogP contribution in [-0.4, -0.2) is 53.6 Å². The highest BCUT2D eigenvalue weighted by Crippen LogP contribution is 2.48. The number of hydrogen-bond donors (Lipinski definition) is 3. The van der Waals surface area contributed by atoms with Gasteiger partial charge in [-0.1, -0.05) is 19.3 Å². The highest BCUT2D eigenvalue weighted by molar-refractivity contribution is 7.63. The van der Waals surface area contributed by atoms with Gasteiger partial charge in [-0.3, -0.25) is 0 Å². The van der Waals surface area contributed by atoms with E-state index in [9.17, 15) is 4.57 Å². The monoisotopic (exact) mass is 308 g/mol. The molecule has 0 aliphatic heterocycles. The molecule has 0 bridgehead atoms. The third-order valence-electron chi connectivity index (χ3n) is 3.67. The summed E-state index contributed by atoms with van der Waals surface area (Å²) in [5, 5.41) is 26.3. The average Bonchev–Trinajstić information content (AvgIpc) is 2.45. The van der Waals surface area contributed by atoms with E-state index >= 15 is 0 Å². The van der Waals surface area contributed by atoms with Crippen LogP contribution in [0.1, 0.15) is 57.8 Å². The second kappa shape index (κ2) is 14.1. The van der Waals surface area contributed by atoms with Gasteiger partial charge in [-0.25, -0.2) is 0 Å². The van der Waals surface area contributed by atoms with E-state index in [4.69, 9.17) is 15.3 Å². The molecule has 0 unspecified atom stereocenters. The highest BCUT2D eigenvalue weighted by Gasteiger charge is 2.20. The molecule has 3 N–H and O–H groups in total. The van der Waals surface area contributed by atoms with E-state index in [1.165, 1.54) is 0 Å². The van der Waals surface area contributed by atoms with Crippen molar-refractivity contribution >= 4 is 7.14 Å². The molecule has 0 aromatic carbocycles. The van der Waals surface area contributed by atoms with Crippen LogP contribution < -0.4 is 0 Å². The Hall–Kier alpha value is 0.110. The summed E-state index contributed by atoms with van der Waals surface area (Å²) in [4.78, 5) is 0. The molecule has 0 fully saturated rings. The minimum Gasteiger partial charge on any atom is -0.396 e. The van der Waals surface area contributed by atoms with E-state index in [1.807, 2.05) is 0 Å². The van der Waals surface area contributed by atoms with Gasteiger partial charge in [0.25, 0.3) is 0 Å².